The minimum Gasteiger partial charge on any atom is -0.444 e. The van der Waals surface area contributed by atoms with E-state index in [2.05, 4.69) is 0 Å². The molecule has 1 atom stereocenters. The number of aliphatic hydroxyl groups excluding tert-OH is 1. The first-order chi connectivity index (χ1) is 19.7. The first-order valence-corrected chi connectivity index (χ1v) is 15.0. The van der Waals surface area contributed by atoms with Crippen LogP contribution in [0, 0.1) is 5.41 Å². The van der Waals surface area contributed by atoms with Crippen molar-refractivity contribution in [2.24, 2.45) is 5.41 Å². The Hall–Kier alpha value is -3.20. The fourth-order valence-corrected chi connectivity index (χ4v) is 4.87. The molecule has 3 aromatic carbocycles. The van der Waals surface area contributed by atoms with Crippen molar-refractivity contribution in [3.8, 4) is 5.75 Å². The lowest BCUT2D eigenvalue weighted by Crippen LogP contribution is -2.40. The Labute approximate surface area is 258 Å². The summed E-state index contributed by atoms with van der Waals surface area (Å²) < 4.78 is 5.60. The molecule has 0 aliphatic rings. The van der Waals surface area contributed by atoms with Crippen LogP contribution >= 0.6 is 23.4 Å². The van der Waals surface area contributed by atoms with Crippen LogP contribution in [0.5, 0.6) is 5.75 Å². The number of halogens is 1. The van der Waals surface area contributed by atoms with Crippen LogP contribution in [0.15, 0.2) is 82.6 Å². The Kier molecular flexibility index (Phi) is 11.7. The van der Waals surface area contributed by atoms with Crippen molar-refractivity contribution in [2.45, 2.75) is 75.9 Å². The summed E-state index contributed by atoms with van der Waals surface area (Å²) in [5.41, 5.74) is 0.856. The molecular weight excluding hydrogens is 574 g/mol. The van der Waals surface area contributed by atoms with Gasteiger partial charge in [0, 0.05) is 21.4 Å². The van der Waals surface area contributed by atoms with Crippen molar-refractivity contribution in [3.63, 3.8) is 0 Å². The van der Waals surface area contributed by atoms with E-state index < -0.39 is 23.8 Å². The van der Waals surface area contributed by atoms with Crippen molar-refractivity contribution in [2.75, 3.05) is 13.1 Å². The Morgan fingerprint density at radius 1 is 0.929 bits per heavy atom. The predicted octanol–water partition coefficient (Wildman–Crippen LogP) is 8.28. The summed E-state index contributed by atoms with van der Waals surface area (Å²) in [6.45, 7) is 11.8. The molecule has 226 valence electrons. The number of rotatable bonds is 11. The molecule has 0 aliphatic heterocycles. The third kappa shape index (κ3) is 12.0. The van der Waals surface area contributed by atoms with E-state index in [1.165, 1.54) is 4.90 Å². The first-order valence-electron chi connectivity index (χ1n) is 13.8. The molecule has 0 aromatic heterocycles. The first kappa shape index (κ1) is 33.3. The zero-order valence-corrected chi connectivity index (χ0v) is 26.6. The highest BCUT2D eigenvalue weighted by atomic mass is 35.5. The number of carbonyl (C=O) groups excluding carboxylic acids is 2. The normalized spacial score (nSPS) is 12.4. The largest absolute Gasteiger partial charge is 0.444 e. The van der Waals surface area contributed by atoms with Gasteiger partial charge >= 0.3 is 12.1 Å². The molecule has 0 saturated carbocycles. The van der Waals surface area contributed by atoms with Gasteiger partial charge in [0.05, 0.1) is 19.1 Å². The van der Waals surface area contributed by atoms with Gasteiger partial charge in [-0.2, -0.15) is 0 Å². The molecule has 3 rings (SSSR count). The average molecular weight is 614 g/mol. The molecule has 0 spiro atoms. The monoisotopic (exact) mass is 613 g/mol. The topological polar surface area (TPSA) is 85.3 Å². The maximum absolute atomic E-state index is 13.0. The Morgan fingerprint density at radius 3 is 2.12 bits per heavy atom. The Morgan fingerprint density at radius 2 is 1.55 bits per heavy atom. The maximum Gasteiger partial charge on any atom is 0.410 e. The molecular formula is C33H40ClNO6S. The lowest BCUT2D eigenvalue weighted by Gasteiger charge is -2.29. The van der Waals surface area contributed by atoms with Gasteiger partial charge in [0.25, 0.3) is 0 Å². The molecule has 42 heavy (non-hydrogen) atoms. The standard InChI is InChI=1S/C33H40ClNO6S/c1-32(2,3)21-30(37)41-40-26-12-16-28(17-13-26)42-27-14-10-23(11-15-27)18-19-35(31(38)39-33(4,5)6)22-29(36)24-8-7-9-25(34)20-24/h7-17,20,29,36H,18-19,21-22H2,1-6H3/t29-/m0/s1. The van der Waals surface area contributed by atoms with E-state index in [1.807, 2.05) is 77.9 Å². The van der Waals surface area contributed by atoms with E-state index in [9.17, 15) is 14.7 Å². The molecule has 0 saturated heterocycles. The van der Waals surface area contributed by atoms with Crippen LogP contribution in [0.4, 0.5) is 4.79 Å². The van der Waals surface area contributed by atoms with E-state index >= 15 is 0 Å². The van der Waals surface area contributed by atoms with Crippen LogP contribution in [0.1, 0.15) is 65.2 Å². The smallest absolute Gasteiger partial charge is 0.410 e. The zero-order chi connectivity index (χ0) is 30.9. The summed E-state index contributed by atoms with van der Waals surface area (Å²) in [4.78, 5) is 38.5. The zero-order valence-electron chi connectivity index (χ0n) is 25.1. The Balaban J connectivity index is 1.56. The molecule has 0 heterocycles. The molecule has 1 amide bonds. The van der Waals surface area contributed by atoms with Gasteiger partial charge in [-0.25, -0.2) is 9.59 Å². The second-order valence-electron chi connectivity index (χ2n) is 12.2. The van der Waals surface area contributed by atoms with Gasteiger partial charge in [0.15, 0.2) is 5.75 Å². The average Bonchev–Trinajstić information content (AvgIpc) is 2.89. The molecule has 7 nitrogen and oxygen atoms in total. The summed E-state index contributed by atoms with van der Waals surface area (Å²) in [7, 11) is 0. The van der Waals surface area contributed by atoms with Crippen LogP contribution < -0.4 is 4.89 Å². The fraction of sp³-hybridized carbons (Fsp3) is 0.394. The summed E-state index contributed by atoms with van der Waals surface area (Å²) in [6, 6.07) is 22.4. The van der Waals surface area contributed by atoms with Gasteiger partial charge in [0.1, 0.15) is 5.60 Å². The number of benzene rings is 3. The van der Waals surface area contributed by atoms with Crippen molar-refractivity contribution >= 4 is 35.4 Å². The highest BCUT2D eigenvalue weighted by molar-refractivity contribution is 7.99. The lowest BCUT2D eigenvalue weighted by atomic mass is 9.93. The third-order valence-corrected chi connectivity index (χ3v) is 7.09. The van der Waals surface area contributed by atoms with Gasteiger partial charge in [-0.15, -0.1) is 0 Å². The van der Waals surface area contributed by atoms with E-state index in [1.54, 1.807) is 48.2 Å². The molecule has 0 fully saturated rings. The van der Waals surface area contributed by atoms with Gasteiger partial charge in [-0.1, -0.05) is 68.4 Å². The van der Waals surface area contributed by atoms with Gasteiger partial charge in [-0.3, -0.25) is 9.78 Å². The second-order valence-corrected chi connectivity index (χ2v) is 13.8. The van der Waals surface area contributed by atoms with E-state index in [4.69, 9.17) is 26.1 Å². The summed E-state index contributed by atoms with van der Waals surface area (Å²) >= 11 is 7.68. The SMILES string of the molecule is CC(C)(C)CC(=O)OOc1ccc(Sc2ccc(CCN(C[C@H](O)c3cccc(Cl)c3)C(=O)OC(C)(C)C)cc2)cc1. The van der Waals surface area contributed by atoms with Crippen molar-refractivity contribution in [3.05, 3.63) is 88.9 Å². The number of hydrogen-bond acceptors (Lipinski definition) is 7. The van der Waals surface area contributed by atoms with E-state index in [-0.39, 0.29) is 18.4 Å². The molecule has 0 bridgehead atoms. The fourth-order valence-electron chi connectivity index (χ4n) is 3.86. The molecule has 0 unspecified atom stereocenters. The molecule has 3 aromatic rings. The second kappa shape index (κ2) is 14.8. The van der Waals surface area contributed by atoms with Crippen LogP contribution in [0.2, 0.25) is 5.02 Å². The number of carbonyl (C=O) groups is 2. The molecule has 1 N–H and O–H groups in total. The Bertz CT molecular complexity index is 1320. The number of ether oxygens (including phenoxy) is 1. The van der Waals surface area contributed by atoms with Crippen LogP contribution in [-0.4, -0.2) is 40.8 Å². The van der Waals surface area contributed by atoms with Crippen molar-refractivity contribution in [1.82, 2.24) is 4.90 Å². The van der Waals surface area contributed by atoms with Gasteiger partial charge in [-0.05, 0) is 92.3 Å². The predicted molar refractivity (Wildman–Crippen MR) is 166 cm³/mol. The highest BCUT2D eigenvalue weighted by Crippen LogP contribution is 2.30. The van der Waals surface area contributed by atoms with Gasteiger partial charge in [0.2, 0.25) is 0 Å². The number of nitrogens with zero attached hydrogens (tertiary/aromatic N) is 1. The molecule has 0 radical (unpaired) electrons. The van der Waals surface area contributed by atoms with Crippen LogP contribution in [0.3, 0.4) is 0 Å². The third-order valence-electron chi connectivity index (χ3n) is 5.84. The number of amides is 1. The van der Waals surface area contributed by atoms with Crippen molar-refractivity contribution < 1.29 is 29.2 Å². The van der Waals surface area contributed by atoms with E-state index in [0.29, 0.717) is 29.3 Å². The minimum absolute atomic E-state index is 0.0820. The lowest BCUT2D eigenvalue weighted by molar-refractivity contribution is -0.215. The maximum atomic E-state index is 13.0. The van der Waals surface area contributed by atoms with Crippen molar-refractivity contribution in [1.29, 1.82) is 0 Å². The quantitative estimate of drug-likeness (QED) is 0.172. The summed E-state index contributed by atoms with van der Waals surface area (Å²) in [5.74, 6) is 0.0412. The summed E-state index contributed by atoms with van der Waals surface area (Å²) in [6.07, 6.45) is -0.526. The number of hydrogen-bond donors (Lipinski definition) is 1. The van der Waals surface area contributed by atoms with Gasteiger partial charge < -0.3 is 14.7 Å². The highest BCUT2D eigenvalue weighted by Gasteiger charge is 2.25. The van der Waals surface area contributed by atoms with E-state index in [0.717, 1.165) is 15.4 Å². The molecule has 0 aliphatic carbocycles. The van der Waals surface area contributed by atoms with Crippen LogP contribution in [0.25, 0.3) is 0 Å². The molecule has 9 heteroatoms. The minimum atomic E-state index is -0.901. The van der Waals surface area contributed by atoms with Crippen LogP contribution in [-0.2, 0) is 20.8 Å². The summed E-state index contributed by atoms with van der Waals surface area (Å²) in [5, 5.41) is 11.3. The number of aliphatic hydroxyl groups is 1.